The molecule has 0 aromatic carbocycles. The first kappa shape index (κ1) is 19.7. The van der Waals surface area contributed by atoms with E-state index in [1.807, 2.05) is 6.92 Å². The zero-order chi connectivity index (χ0) is 16.3. The van der Waals surface area contributed by atoms with E-state index in [0.717, 1.165) is 12.8 Å². The number of nitrogens with one attached hydrogen (secondary N) is 1. The van der Waals surface area contributed by atoms with Crippen molar-refractivity contribution < 1.29 is 19.4 Å². The minimum atomic E-state index is -1.00. The Morgan fingerprint density at radius 1 is 1.24 bits per heavy atom. The van der Waals surface area contributed by atoms with Crippen LogP contribution in [0.2, 0.25) is 0 Å². The smallest absolute Gasteiger partial charge is 0.326 e. The highest BCUT2D eigenvalue weighted by Gasteiger charge is 2.23. The number of urea groups is 1. The number of carbonyl (C=O) groups is 2. The first-order valence-corrected chi connectivity index (χ1v) is 7.77. The number of ether oxygens (including phenoxy) is 1. The van der Waals surface area contributed by atoms with Gasteiger partial charge in [0, 0.05) is 26.8 Å². The minimum Gasteiger partial charge on any atom is -0.480 e. The van der Waals surface area contributed by atoms with Gasteiger partial charge in [0.1, 0.15) is 6.04 Å². The predicted octanol–water partition coefficient (Wildman–Crippen LogP) is 2.33. The van der Waals surface area contributed by atoms with E-state index in [9.17, 15) is 14.7 Å². The van der Waals surface area contributed by atoms with Crippen molar-refractivity contribution in [3.8, 4) is 0 Å². The lowest BCUT2D eigenvalue weighted by Gasteiger charge is -2.27. The summed E-state index contributed by atoms with van der Waals surface area (Å²) in [4.78, 5) is 25.1. The summed E-state index contributed by atoms with van der Waals surface area (Å²) < 4.78 is 4.91. The Bertz CT molecular complexity index is 306. The fraction of sp³-hybridized carbons (Fsp3) is 0.867. The second-order valence-corrected chi connectivity index (χ2v) is 5.20. The van der Waals surface area contributed by atoms with E-state index < -0.39 is 12.0 Å². The number of carboxylic acids is 1. The summed E-state index contributed by atoms with van der Waals surface area (Å²) in [5, 5.41) is 11.8. The number of aliphatic carboxylic acids is 1. The second kappa shape index (κ2) is 11.4. The number of hydrogen-bond acceptors (Lipinski definition) is 3. The number of nitrogens with zero attached hydrogens (tertiary/aromatic N) is 1. The molecule has 0 heterocycles. The molecule has 2 amide bonds. The van der Waals surface area contributed by atoms with Crippen molar-refractivity contribution in [2.45, 2.75) is 52.5 Å². The molecule has 0 rings (SSSR count). The lowest BCUT2D eigenvalue weighted by molar-refractivity contribution is -0.139. The first-order valence-electron chi connectivity index (χ1n) is 7.77. The zero-order valence-corrected chi connectivity index (χ0v) is 13.7. The summed E-state index contributed by atoms with van der Waals surface area (Å²) in [6.07, 6.45) is 3.00. The number of carboxylic acid groups (broad SMARTS) is 1. The van der Waals surface area contributed by atoms with Gasteiger partial charge in [-0.05, 0) is 25.7 Å². The van der Waals surface area contributed by atoms with E-state index in [4.69, 9.17) is 4.74 Å². The number of rotatable bonds is 11. The molecule has 0 spiro atoms. The molecule has 0 saturated carbocycles. The average Bonchev–Trinajstić information content (AvgIpc) is 2.47. The van der Waals surface area contributed by atoms with Crippen LogP contribution in [-0.4, -0.2) is 54.9 Å². The monoisotopic (exact) mass is 302 g/mol. The third-order valence-corrected chi connectivity index (χ3v) is 3.74. The highest BCUT2D eigenvalue weighted by atomic mass is 16.5. The van der Waals surface area contributed by atoms with Gasteiger partial charge in [0.2, 0.25) is 0 Å². The standard InChI is InChI=1S/C15H30N2O4/c1-5-12(6-2)11-17(7-3)15(20)16-13(14(18)19)9-8-10-21-4/h12-13H,5-11H2,1-4H3,(H,16,20)(H,18,19). The Morgan fingerprint density at radius 2 is 1.86 bits per heavy atom. The highest BCUT2D eigenvalue weighted by Crippen LogP contribution is 2.10. The molecule has 6 heteroatoms. The van der Waals surface area contributed by atoms with E-state index >= 15 is 0 Å². The molecule has 124 valence electrons. The van der Waals surface area contributed by atoms with Crippen molar-refractivity contribution in [1.29, 1.82) is 0 Å². The van der Waals surface area contributed by atoms with Crippen LogP contribution >= 0.6 is 0 Å². The van der Waals surface area contributed by atoms with Crippen molar-refractivity contribution in [1.82, 2.24) is 10.2 Å². The molecular formula is C15H30N2O4. The largest absolute Gasteiger partial charge is 0.480 e. The first-order chi connectivity index (χ1) is 9.99. The van der Waals surface area contributed by atoms with Gasteiger partial charge in [-0.25, -0.2) is 9.59 Å². The van der Waals surface area contributed by atoms with Gasteiger partial charge < -0.3 is 20.1 Å². The van der Waals surface area contributed by atoms with Crippen molar-refractivity contribution in [2.75, 3.05) is 26.8 Å². The number of carbonyl (C=O) groups excluding carboxylic acids is 1. The van der Waals surface area contributed by atoms with Crippen molar-refractivity contribution in [3.63, 3.8) is 0 Å². The quantitative estimate of drug-likeness (QED) is 0.574. The van der Waals surface area contributed by atoms with Crippen LogP contribution in [0.3, 0.4) is 0 Å². The Balaban J connectivity index is 4.51. The number of amides is 2. The second-order valence-electron chi connectivity index (χ2n) is 5.20. The molecule has 21 heavy (non-hydrogen) atoms. The van der Waals surface area contributed by atoms with Gasteiger partial charge >= 0.3 is 12.0 Å². The van der Waals surface area contributed by atoms with E-state index in [1.165, 1.54) is 0 Å². The Morgan fingerprint density at radius 3 is 2.29 bits per heavy atom. The molecule has 0 aromatic rings. The molecule has 1 atom stereocenters. The van der Waals surface area contributed by atoms with Gasteiger partial charge in [0.25, 0.3) is 0 Å². The van der Waals surface area contributed by atoms with E-state index in [2.05, 4.69) is 19.2 Å². The summed E-state index contributed by atoms with van der Waals surface area (Å²) in [5.41, 5.74) is 0. The average molecular weight is 302 g/mol. The van der Waals surface area contributed by atoms with Crippen LogP contribution < -0.4 is 5.32 Å². The third kappa shape index (κ3) is 7.90. The Labute approximate surface area is 127 Å². The number of methoxy groups -OCH3 is 1. The van der Waals surface area contributed by atoms with Crippen molar-refractivity contribution in [2.24, 2.45) is 5.92 Å². The molecule has 0 radical (unpaired) electrons. The number of hydrogen-bond donors (Lipinski definition) is 2. The Kier molecular flexibility index (Phi) is 10.7. The lowest BCUT2D eigenvalue weighted by atomic mass is 10.0. The maximum Gasteiger partial charge on any atom is 0.326 e. The molecular weight excluding hydrogens is 272 g/mol. The fourth-order valence-electron chi connectivity index (χ4n) is 2.14. The molecule has 1 unspecified atom stereocenters. The summed E-state index contributed by atoms with van der Waals surface area (Å²) in [5.74, 6) is -0.550. The lowest BCUT2D eigenvalue weighted by Crippen LogP contribution is -2.49. The third-order valence-electron chi connectivity index (χ3n) is 3.74. The van der Waals surface area contributed by atoms with Gasteiger partial charge in [-0.15, -0.1) is 0 Å². The summed E-state index contributed by atoms with van der Waals surface area (Å²) in [6.45, 7) is 7.84. The summed E-state index contributed by atoms with van der Waals surface area (Å²) in [6, 6.07) is -1.15. The van der Waals surface area contributed by atoms with Gasteiger partial charge in [0.05, 0.1) is 0 Å². The molecule has 0 fully saturated rings. The molecule has 0 aliphatic heterocycles. The van der Waals surface area contributed by atoms with Crippen LogP contribution in [0.4, 0.5) is 4.79 Å². The molecule has 0 aliphatic carbocycles. The highest BCUT2D eigenvalue weighted by molar-refractivity contribution is 5.82. The van der Waals surface area contributed by atoms with Crippen molar-refractivity contribution in [3.05, 3.63) is 0 Å². The van der Waals surface area contributed by atoms with Gasteiger partial charge in [-0.1, -0.05) is 26.7 Å². The fourth-order valence-corrected chi connectivity index (χ4v) is 2.14. The molecule has 6 nitrogen and oxygen atoms in total. The minimum absolute atomic E-state index is 0.297. The molecule has 0 aromatic heterocycles. The summed E-state index contributed by atoms with van der Waals surface area (Å²) in [7, 11) is 1.57. The van der Waals surface area contributed by atoms with Gasteiger partial charge in [-0.3, -0.25) is 0 Å². The van der Waals surface area contributed by atoms with Crippen molar-refractivity contribution >= 4 is 12.0 Å². The molecule has 0 saturated heterocycles. The van der Waals surface area contributed by atoms with Crippen LogP contribution in [0.25, 0.3) is 0 Å². The summed E-state index contributed by atoms with van der Waals surface area (Å²) >= 11 is 0. The van der Waals surface area contributed by atoms with Crippen LogP contribution in [0, 0.1) is 5.92 Å². The van der Waals surface area contributed by atoms with Gasteiger partial charge in [0.15, 0.2) is 0 Å². The predicted molar refractivity (Wildman–Crippen MR) is 82.4 cm³/mol. The molecule has 0 aliphatic rings. The van der Waals surface area contributed by atoms with Crippen LogP contribution in [0.5, 0.6) is 0 Å². The topological polar surface area (TPSA) is 78.9 Å². The Hall–Kier alpha value is -1.30. The van der Waals surface area contributed by atoms with Crippen LogP contribution in [-0.2, 0) is 9.53 Å². The zero-order valence-electron chi connectivity index (χ0n) is 13.7. The van der Waals surface area contributed by atoms with E-state index in [1.54, 1.807) is 12.0 Å². The van der Waals surface area contributed by atoms with Gasteiger partial charge in [-0.2, -0.15) is 0 Å². The van der Waals surface area contributed by atoms with Crippen LogP contribution in [0.1, 0.15) is 46.5 Å². The van der Waals surface area contributed by atoms with E-state index in [0.29, 0.717) is 38.5 Å². The van der Waals surface area contributed by atoms with E-state index in [-0.39, 0.29) is 6.03 Å². The maximum atomic E-state index is 12.2. The normalized spacial score (nSPS) is 12.2. The molecule has 0 bridgehead atoms. The maximum absolute atomic E-state index is 12.2. The SMILES string of the molecule is CCC(CC)CN(CC)C(=O)NC(CCCOC)C(=O)O. The molecule has 2 N–H and O–H groups in total. The van der Waals surface area contributed by atoms with Crippen LogP contribution in [0.15, 0.2) is 0 Å².